The Morgan fingerprint density at radius 2 is 1.73 bits per heavy atom. The lowest BCUT2D eigenvalue weighted by Gasteiger charge is -2.12. The van der Waals surface area contributed by atoms with Gasteiger partial charge in [0, 0.05) is 20.2 Å². The van der Waals surface area contributed by atoms with Crippen LogP contribution in [0.25, 0.3) is 6.08 Å². The molecule has 0 aromatic heterocycles. The second-order valence-electron chi connectivity index (χ2n) is 7.22. The van der Waals surface area contributed by atoms with Crippen LogP contribution in [0.1, 0.15) is 12.5 Å². The normalized spacial score (nSPS) is 14.4. The summed E-state index contributed by atoms with van der Waals surface area (Å²) in [6.45, 7) is 1.62. The van der Waals surface area contributed by atoms with Crippen LogP contribution in [-0.4, -0.2) is 24.1 Å². The minimum atomic E-state index is -0.279. The molecular weight excluding hydrogens is 550 g/mol. The van der Waals surface area contributed by atoms with Gasteiger partial charge in [-0.2, -0.15) is 10.1 Å². The second kappa shape index (κ2) is 10.1. The van der Waals surface area contributed by atoms with Crippen LogP contribution in [0.4, 0.5) is 11.4 Å². The van der Waals surface area contributed by atoms with Crippen molar-refractivity contribution >= 4 is 66.8 Å². The summed E-state index contributed by atoms with van der Waals surface area (Å²) in [7, 11) is 0. The number of carbonyl (C=O) groups excluding carboxylic acids is 2. The lowest BCUT2D eigenvalue weighted by Crippen LogP contribution is -2.21. The first-order valence-corrected chi connectivity index (χ1v) is 11.6. The van der Waals surface area contributed by atoms with Crippen LogP contribution in [0.2, 0.25) is 0 Å². The van der Waals surface area contributed by atoms with E-state index in [9.17, 15) is 9.59 Å². The maximum atomic E-state index is 13.1. The Morgan fingerprint density at radius 1 is 1.03 bits per heavy atom. The Balaban J connectivity index is 1.53. The predicted octanol–water partition coefficient (Wildman–Crippen LogP) is 6.04. The van der Waals surface area contributed by atoms with Gasteiger partial charge in [-0.3, -0.25) is 9.59 Å². The fourth-order valence-corrected chi connectivity index (χ4v) is 3.87. The first-order valence-electron chi connectivity index (χ1n) is 10.1. The van der Waals surface area contributed by atoms with Crippen molar-refractivity contribution in [2.24, 2.45) is 5.10 Å². The van der Waals surface area contributed by atoms with E-state index < -0.39 is 0 Å². The molecule has 0 bridgehead atoms. The van der Waals surface area contributed by atoms with Crippen molar-refractivity contribution in [3.8, 4) is 5.75 Å². The third kappa shape index (κ3) is 5.58. The molecule has 8 heteroatoms. The summed E-state index contributed by atoms with van der Waals surface area (Å²) in [6, 6.07) is 21.9. The number of hydrogen-bond acceptors (Lipinski definition) is 4. The molecule has 4 rings (SSSR count). The Hall–Kier alpha value is -3.23. The van der Waals surface area contributed by atoms with Gasteiger partial charge in [0.05, 0.1) is 17.0 Å². The average molecular weight is 569 g/mol. The zero-order chi connectivity index (χ0) is 23.4. The van der Waals surface area contributed by atoms with Crippen molar-refractivity contribution in [3.05, 3.63) is 92.9 Å². The molecule has 3 aromatic rings. The molecule has 1 aliphatic rings. The van der Waals surface area contributed by atoms with Crippen molar-refractivity contribution in [1.29, 1.82) is 0 Å². The Bertz CT molecular complexity index is 1260. The number of amides is 2. The number of halogens is 2. The molecule has 166 valence electrons. The maximum Gasteiger partial charge on any atom is 0.280 e. The highest BCUT2D eigenvalue weighted by atomic mass is 79.9. The predicted molar refractivity (Wildman–Crippen MR) is 137 cm³/mol. The minimum Gasteiger partial charge on any atom is -0.483 e. The van der Waals surface area contributed by atoms with Crippen molar-refractivity contribution in [3.63, 3.8) is 0 Å². The Labute approximate surface area is 208 Å². The molecule has 3 aromatic carbocycles. The highest BCUT2D eigenvalue weighted by Gasteiger charge is 2.29. The monoisotopic (exact) mass is 567 g/mol. The molecule has 33 heavy (non-hydrogen) atoms. The first kappa shape index (κ1) is 22.9. The first-order chi connectivity index (χ1) is 15.9. The van der Waals surface area contributed by atoms with Gasteiger partial charge in [-0.1, -0.05) is 50.1 Å². The molecule has 0 saturated heterocycles. The molecule has 0 saturated carbocycles. The lowest BCUT2D eigenvalue weighted by molar-refractivity contribution is -0.118. The molecule has 0 spiro atoms. The zero-order valence-corrected chi connectivity index (χ0v) is 20.8. The standard InChI is InChI=1S/C25H19Br2N3O3/c1-16-22(25(32)30(29-16)21-10-7-18(26)8-11-21)14-17-13-19(27)9-12-23(17)33-15-24(31)28-20-5-3-2-4-6-20/h2-14H,15H2,1H3,(H,28,31)/b22-14-. The number of carbonyl (C=O) groups is 2. The number of ether oxygens (including phenoxy) is 1. The molecule has 0 radical (unpaired) electrons. The Morgan fingerprint density at radius 3 is 2.45 bits per heavy atom. The SMILES string of the molecule is CC1=NN(c2ccc(Br)cc2)C(=O)/C1=C\c1cc(Br)ccc1OCC(=O)Nc1ccccc1. The van der Waals surface area contributed by atoms with Gasteiger partial charge in [-0.15, -0.1) is 0 Å². The largest absolute Gasteiger partial charge is 0.483 e. The Kier molecular flexibility index (Phi) is 7.05. The molecule has 0 unspecified atom stereocenters. The van der Waals surface area contributed by atoms with E-state index in [1.165, 1.54) is 5.01 Å². The van der Waals surface area contributed by atoms with Crippen LogP contribution in [0.3, 0.4) is 0 Å². The van der Waals surface area contributed by atoms with Crippen molar-refractivity contribution < 1.29 is 14.3 Å². The molecule has 6 nitrogen and oxygen atoms in total. The fourth-order valence-electron chi connectivity index (χ4n) is 3.22. The van der Waals surface area contributed by atoms with Crippen LogP contribution < -0.4 is 15.1 Å². The van der Waals surface area contributed by atoms with Gasteiger partial charge in [-0.05, 0) is 67.6 Å². The van der Waals surface area contributed by atoms with Crippen LogP contribution in [0.15, 0.2) is 92.4 Å². The summed E-state index contributed by atoms with van der Waals surface area (Å²) in [5.41, 5.74) is 3.08. The van der Waals surface area contributed by atoms with Crippen LogP contribution >= 0.6 is 31.9 Å². The third-order valence-corrected chi connectivity index (χ3v) is 5.84. The molecular formula is C25H19Br2N3O3. The van der Waals surface area contributed by atoms with E-state index in [0.717, 1.165) is 8.95 Å². The van der Waals surface area contributed by atoms with E-state index in [0.29, 0.717) is 34.0 Å². The second-order valence-corrected chi connectivity index (χ2v) is 9.05. The van der Waals surface area contributed by atoms with E-state index >= 15 is 0 Å². The number of anilines is 2. The van der Waals surface area contributed by atoms with E-state index in [2.05, 4.69) is 42.3 Å². The van der Waals surface area contributed by atoms with Gasteiger partial charge in [0.25, 0.3) is 11.8 Å². The number of hydrogen-bond donors (Lipinski definition) is 1. The molecule has 0 atom stereocenters. The highest BCUT2D eigenvalue weighted by Crippen LogP contribution is 2.30. The highest BCUT2D eigenvalue weighted by molar-refractivity contribution is 9.10. The quantitative estimate of drug-likeness (QED) is 0.369. The van der Waals surface area contributed by atoms with Crippen LogP contribution in [0.5, 0.6) is 5.75 Å². The van der Waals surface area contributed by atoms with Crippen LogP contribution in [-0.2, 0) is 9.59 Å². The van der Waals surface area contributed by atoms with Gasteiger partial charge in [0.1, 0.15) is 5.75 Å². The molecule has 0 fully saturated rings. The summed E-state index contributed by atoms with van der Waals surface area (Å²) in [6.07, 6.45) is 1.73. The number of nitrogens with zero attached hydrogens (tertiary/aromatic N) is 2. The van der Waals surface area contributed by atoms with E-state index in [1.807, 2.05) is 54.6 Å². The number of hydrazone groups is 1. The van der Waals surface area contributed by atoms with Gasteiger partial charge in [-0.25, -0.2) is 0 Å². The van der Waals surface area contributed by atoms with Gasteiger partial charge >= 0.3 is 0 Å². The van der Waals surface area contributed by atoms with Crippen molar-refractivity contribution in [1.82, 2.24) is 0 Å². The van der Waals surface area contributed by atoms with Crippen molar-refractivity contribution in [2.75, 3.05) is 16.9 Å². The molecule has 2 amide bonds. The average Bonchev–Trinajstić information content (AvgIpc) is 3.08. The number of benzene rings is 3. The van der Waals surface area contributed by atoms with E-state index in [-0.39, 0.29) is 18.4 Å². The topological polar surface area (TPSA) is 71.0 Å². The molecule has 1 heterocycles. The number of nitrogens with one attached hydrogen (secondary N) is 1. The summed E-state index contributed by atoms with van der Waals surface area (Å²) >= 11 is 6.86. The minimum absolute atomic E-state index is 0.168. The molecule has 1 N–H and O–H groups in total. The molecule has 0 aliphatic carbocycles. The summed E-state index contributed by atoms with van der Waals surface area (Å²) in [5, 5.41) is 8.58. The fraction of sp³-hybridized carbons (Fsp3) is 0.0800. The van der Waals surface area contributed by atoms with Gasteiger partial charge < -0.3 is 10.1 Å². The van der Waals surface area contributed by atoms with Gasteiger partial charge in [0.15, 0.2) is 6.61 Å². The molecule has 1 aliphatic heterocycles. The smallest absolute Gasteiger partial charge is 0.280 e. The summed E-state index contributed by atoms with van der Waals surface area (Å²) < 4.78 is 7.52. The third-order valence-electron chi connectivity index (χ3n) is 4.82. The van der Waals surface area contributed by atoms with E-state index in [4.69, 9.17) is 4.74 Å². The summed E-state index contributed by atoms with van der Waals surface area (Å²) in [4.78, 5) is 25.4. The van der Waals surface area contributed by atoms with Gasteiger partial charge in [0.2, 0.25) is 0 Å². The lowest BCUT2D eigenvalue weighted by atomic mass is 10.1. The maximum absolute atomic E-state index is 13.1. The zero-order valence-electron chi connectivity index (χ0n) is 17.6. The summed E-state index contributed by atoms with van der Waals surface area (Å²) in [5.74, 6) is -0.0296. The van der Waals surface area contributed by atoms with E-state index in [1.54, 1.807) is 31.2 Å². The number of rotatable bonds is 6. The van der Waals surface area contributed by atoms with Crippen molar-refractivity contribution in [2.45, 2.75) is 6.92 Å². The number of para-hydroxylation sites is 1. The van der Waals surface area contributed by atoms with Crippen LogP contribution in [0, 0.1) is 0 Å².